The lowest BCUT2D eigenvalue weighted by Gasteiger charge is -2.35. The molecule has 3 aliphatic heterocycles. The fraction of sp³-hybridized carbons (Fsp3) is 0.390. The van der Waals surface area contributed by atoms with E-state index in [1.807, 2.05) is 4.90 Å². The lowest BCUT2D eigenvalue weighted by molar-refractivity contribution is -0.137. The van der Waals surface area contributed by atoms with E-state index in [-0.39, 0.29) is 110 Å². The van der Waals surface area contributed by atoms with Crippen molar-refractivity contribution in [2.75, 3.05) is 76.4 Å². The van der Waals surface area contributed by atoms with Gasteiger partial charge in [0.25, 0.3) is 5.91 Å². The summed E-state index contributed by atoms with van der Waals surface area (Å²) in [6.07, 6.45) is 0.489. The Morgan fingerprint density at radius 2 is 1.82 bits per heavy atom. The molecule has 2 saturated heterocycles. The zero-order valence-electron chi connectivity index (χ0n) is 32.9. The van der Waals surface area contributed by atoms with Gasteiger partial charge in [0.1, 0.15) is 41.3 Å². The van der Waals surface area contributed by atoms with Crippen molar-refractivity contribution in [2.24, 2.45) is 0 Å². The van der Waals surface area contributed by atoms with Gasteiger partial charge in [0.15, 0.2) is 5.82 Å². The molecule has 0 spiro atoms. The highest BCUT2D eigenvalue weighted by Gasteiger charge is 2.39. The number of amides is 5. The number of halogens is 3. The lowest BCUT2D eigenvalue weighted by Crippen LogP contribution is -2.52. The van der Waals surface area contributed by atoms with Gasteiger partial charge < -0.3 is 39.5 Å². The number of aromatic nitrogens is 2. The minimum atomic E-state index is -0.963. The first kappa shape index (κ1) is 42.0. The number of ether oxygens (including phenoxy) is 2. The number of carbonyl (C=O) groups excluding carboxylic acids is 5. The molecule has 60 heavy (non-hydrogen) atoms. The van der Waals surface area contributed by atoms with Crippen molar-refractivity contribution < 1.29 is 47.3 Å². The predicted molar refractivity (Wildman–Crippen MR) is 216 cm³/mol. The van der Waals surface area contributed by atoms with Crippen molar-refractivity contribution in [3.63, 3.8) is 0 Å². The first-order chi connectivity index (χ1) is 28.8. The maximum atomic E-state index is 16.4. The van der Waals surface area contributed by atoms with Crippen LogP contribution in [0.2, 0.25) is 5.02 Å². The van der Waals surface area contributed by atoms with Crippen LogP contribution in [0.25, 0.3) is 22.0 Å². The van der Waals surface area contributed by atoms with Crippen LogP contribution in [0.4, 0.5) is 20.5 Å². The van der Waals surface area contributed by atoms with Gasteiger partial charge in [-0.15, -0.1) is 0 Å². The zero-order chi connectivity index (χ0) is 42.7. The van der Waals surface area contributed by atoms with E-state index in [0.29, 0.717) is 43.3 Å². The van der Waals surface area contributed by atoms with E-state index in [9.17, 15) is 33.5 Å². The second kappa shape index (κ2) is 18.0. The van der Waals surface area contributed by atoms with Gasteiger partial charge in [-0.2, -0.15) is 4.98 Å². The van der Waals surface area contributed by atoms with Gasteiger partial charge in [-0.1, -0.05) is 17.7 Å². The molecule has 3 aliphatic rings. The molecule has 0 saturated carbocycles. The standard InChI is InChI=1S/C41H43ClF2N8O8/c1-23(53)50-12-14-51(15-13-50)38-27-21-28(42)34(35-29(43)4-3-5-31(35)54)36(44)37(27)47-41(48-38)45-11-10-33(56)49(2)16-17-59-18-19-60-25-6-7-26-24(20-25)22-52(40(26)58)30-8-9-32(55)46-39(30)57/h3-7,20-21,30,54H,8-19,22H2,1-2H3,(H,45,47,48)(H,46,55,57). The Morgan fingerprint density at radius 3 is 2.55 bits per heavy atom. The molecule has 0 bridgehead atoms. The van der Waals surface area contributed by atoms with Crippen molar-refractivity contribution in [3.8, 4) is 22.6 Å². The number of aromatic hydroxyl groups is 1. The number of benzene rings is 3. The highest BCUT2D eigenvalue weighted by molar-refractivity contribution is 6.34. The number of carbonyl (C=O) groups is 5. The largest absolute Gasteiger partial charge is 0.507 e. The zero-order valence-corrected chi connectivity index (χ0v) is 33.7. The number of phenols is 1. The van der Waals surface area contributed by atoms with E-state index < -0.39 is 34.9 Å². The molecule has 16 nitrogen and oxygen atoms in total. The third-order valence-corrected chi connectivity index (χ3v) is 11.0. The van der Waals surface area contributed by atoms with Crippen molar-refractivity contribution >= 4 is 63.8 Å². The van der Waals surface area contributed by atoms with E-state index in [2.05, 4.69) is 20.6 Å². The Bertz CT molecular complexity index is 2340. The molecule has 2 fully saturated rings. The molecular formula is C41H43ClF2N8O8. The summed E-state index contributed by atoms with van der Waals surface area (Å²) in [5.74, 6) is -2.82. The second-order valence-electron chi connectivity index (χ2n) is 14.6. The third-order valence-electron chi connectivity index (χ3n) is 10.7. The summed E-state index contributed by atoms with van der Waals surface area (Å²) in [4.78, 5) is 77.4. The molecule has 0 radical (unpaired) electrons. The Labute approximate surface area is 348 Å². The Morgan fingerprint density at radius 1 is 1.03 bits per heavy atom. The summed E-state index contributed by atoms with van der Waals surface area (Å²) in [5.41, 5.74) is 0.268. The summed E-state index contributed by atoms with van der Waals surface area (Å²) >= 11 is 6.54. The maximum absolute atomic E-state index is 16.4. The Kier molecular flexibility index (Phi) is 12.6. The number of piperazine rings is 1. The number of likely N-dealkylation sites (N-methyl/N-ethyl adjacent to an activating group) is 1. The molecule has 1 unspecified atom stereocenters. The summed E-state index contributed by atoms with van der Waals surface area (Å²) in [7, 11) is 1.64. The lowest BCUT2D eigenvalue weighted by atomic mass is 10.0. The minimum Gasteiger partial charge on any atom is -0.507 e. The first-order valence-corrected chi connectivity index (χ1v) is 19.8. The van der Waals surface area contributed by atoms with E-state index >= 15 is 4.39 Å². The van der Waals surface area contributed by atoms with Crippen molar-refractivity contribution in [3.05, 3.63) is 70.2 Å². The fourth-order valence-corrected chi connectivity index (χ4v) is 7.77. The van der Waals surface area contributed by atoms with Gasteiger partial charge in [-0.05, 0) is 48.4 Å². The molecular weight excluding hydrogens is 806 g/mol. The van der Waals surface area contributed by atoms with Gasteiger partial charge in [0, 0.05) is 89.1 Å². The SMILES string of the molecule is CC(=O)N1CCN(c2nc(NCCC(=O)N(C)CCOCCOc3ccc4c(c3)CN(C3CCC(=O)NC3=O)C4=O)nc3c(F)c(-c4c(O)cccc4F)c(Cl)cc23)CC1. The normalized spacial score (nSPS) is 16.6. The number of rotatable bonds is 14. The van der Waals surface area contributed by atoms with Crippen molar-refractivity contribution in [1.29, 1.82) is 0 Å². The third kappa shape index (κ3) is 8.89. The fourth-order valence-electron chi connectivity index (χ4n) is 7.48. The summed E-state index contributed by atoms with van der Waals surface area (Å²) in [6, 6.07) is 9.41. The van der Waals surface area contributed by atoms with Crippen LogP contribution < -0.4 is 20.3 Å². The molecule has 4 aromatic rings. The number of imide groups is 1. The van der Waals surface area contributed by atoms with E-state index in [1.54, 1.807) is 30.1 Å². The van der Waals surface area contributed by atoms with Crippen LogP contribution in [-0.2, 0) is 30.5 Å². The van der Waals surface area contributed by atoms with E-state index in [1.165, 1.54) is 34.9 Å². The molecule has 1 aromatic heterocycles. The number of phenolic OH excluding ortho intramolecular Hbond substituents is 1. The van der Waals surface area contributed by atoms with Gasteiger partial charge in [0.05, 0.1) is 23.8 Å². The topological polar surface area (TPSA) is 187 Å². The van der Waals surface area contributed by atoms with Gasteiger partial charge >= 0.3 is 0 Å². The summed E-state index contributed by atoms with van der Waals surface area (Å²) < 4.78 is 42.8. The van der Waals surface area contributed by atoms with E-state index in [0.717, 1.165) is 11.6 Å². The van der Waals surface area contributed by atoms with Crippen LogP contribution in [0, 0.1) is 11.6 Å². The number of anilines is 2. The minimum absolute atomic E-state index is 0.0109. The number of piperidine rings is 1. The molecule has 1 atom stereocenters. The van der Waals surface area contributed by atoms with Crippen LogP contribution in [-0.4, -0.2) is 131 Å². The second-order valence-corrected chi connectivity index (χ2v) is 15.0. The molecule has 3 aromatic carbocycles. The van der Waals surface area contributed by atoms with Crippen LogP contribution in [0.5, 0.6) is 11.5 Å². The van der Waals surface area contributed by atoms with Crippen LogP contribution >= 0.6 is 11.6 Å². The van der Waals surface area contributed by atoms with Crippen molar-refractivity contribution in [1.82, 2.24) is 30.0 Å². The monoisotopic (exact) mass is 848 g/mol. The number of hydrogen-bond donors (Lipinski definition) is 3. The van der Waals surface area contributed by atoms with Crippen molar-refractivity contribution in [2.45, 2.75) is 38.8 Å². The predicted octanol–water partition coefficient (Wildman–Crippen LogP) is 3.72. The van der Waals surface area contributed by atoms with Gasteiger partial charge in [0.2, 0.25) is 29.6 Å². The molecule has 19 heteroatoms. The summed E-state index contributed by atoms with van der Waals surface area (Å²) in [5, 5.41) is 15.9. The van der Waals surface area contributed by atoms with Gasteiger partial charge in [-0.3, -0.25) is 29.3 Å². The molecule has 316 valence electrons. The Hall–Kier alpha value is -6.14. The number of nitrogens with one attached hydrogen (secondary N) is 2. The molecule has 4 heterocycles. The first-order valence-electron chi connectivity index (χ1n) is 19.4. The molecule has 3 N–H and O–H groups in total. The van der Waals surface area contributed by atoms with E-state index in [4.69, 9.17) is 21.1 Å². The van der Waals surface area contributed by atoms with Crippen LogP contribution in [0.3, 0.4) is 0 Å². The molecule has 7 rings (SSSR count). The Balaban J connectivity index is 0.918. The van der Waals surface area contributed by atoms with Crippen LogP contribution in [0.15, 0.2) is 42.5 Å². The molecule has 5 amide bonds. The average Bonchev–Trinajstić information content (AvgIpc) is 3.54. The number of nitrogens with zero attached hydrogens (tertiary/aromatic N) is 6. The smallest absolute Gasteiger partial charge is 0.255 e. The van der Waals surface area contributed by atoms with Gasteiger partial charge in [-0.25, -0.2) is 13.8 Å². The highest BCUT2D eigenvalue weighted by Crippen LogP contribution is 2.42. The quantitative estimate of drug-likeness (QED) is 0.124. The highest BCUT2D eigenvalue weighted by atomic mass is 35.5. The summed E-state index contributed by atoms with van der Waals surface area (Å²) in [6.45, 7) is 4.37. The van der Waals surface area contributed by atoms with Crippen LogP contribution in [0.1, 0.15) is 42.1 Å². The maximum Gasteiger partial charge on any atom is 0.255 e. The number of hydrogen-bond acceptors (Lipinski definition) is 12. The molecule has 0 aliphatic carbocycles. The average molecular weight is 849 g/mol. The number of fused-ring (bicyclic) bond motifs is 2.